The van der Waals surface area contributed by atoms with Crippen molar-refractivity contribution in [1.29, 1.82) is 0 Å². The molecule has 0 aliphatic heterocycles. The topological polar surface area (TPSA) is 51.5 Å². The molecule has 2 aromatic rings. The number of halogens is 4. The SMILES string of the molecule is CC(C)(C)OC(=O)n1c(Br)c(CCN(C(=O)C(F)(F)F)C2C=CCCC2)c2ccccc21. The van der Waals surface area contributed by atoms with E-state index in [-0.39, 0.29) is 13.0 Å². The molecule has 1 aliphatic rings. The van der Waals surface area contributed by atoms with Gasteiger partial charge in [-0.3, -0.25) is 4.79 Å². The minimum atomic E-state index is -4.95. The number of rotatable bonds is 4. The summed E-state index contributed by atoms with van der Waals surface area (Å²) in [4.78, 5) is 25.9. The van der Waals surface area contributed by atoms with E-state index < -0.39 is 29.8 Å². The van der Waals surface area contributed by atoms with E-state index in [1.54, 1.807) is 51.1 Å². The number of carbonyl (C=O) groups is 2. The second-order valence-electron chi connectivity index (χ2n) is 8.77. The monoisotopic (exact) mass is 514 g/mol. The van der Waals surface area contributed by atoms with Crippen LogP contribution < -0.4 is 0 Å². The highest BCUT2D eigenvalue weighted by molar-refractivity contribution is 9.10. The molecule has 5 nitrogen and oxygen atoms in total. The second-order valence-corrected chi connectivity index (χ2v) is 9.53. The van der Waals surface area contributed by atoms with E-state index in [2.05, 4.69) is 15.9 Å². The molecule has 32 heavy (non-hydrogen) atoms. The molecular weight excluding hydrogens is 489 g/mol. The van der Waals surface area contributed by atoms with Gasteiger partial charge in [0.1, 0.15) is 5.60 Å². The number of fused-ring (bicyclic) bond motifs is 1. The average molecular weight is 515 g/mol. The standard InChI is InChI=1S/C23H26BrF3N2O3/c1-22(2,3)32-21(31)29-18-12-8-7-11-16(18)17(19(29)24)13-14-28(20(30)23(25,26)27)15-9-5-4-6-10-15/h5,7-9,11-12,15H,4,6,10,13-14H2,1-3H3. The number of alkyl halides is 3. The molecule has 3 rings (SSSR count). The Bertz CT molecular complexity index is 1040. The van der Waals surface area contributed by atoms with Crippen LogP contribution in [0.2, 0.25) is 0 Å². The summed E-state index contributed by atoms with van der Waals surface area (Å²) in [5, 5.41) is 0.712. The van der Waals surface area contributed by atoms with Crippen molar-refractivity contribution in [3.05, 3.63) is 46.6 Å². The van der Waals surface area contributed by atoms with Crippen LogP contribution in [0.4, 0.5) is 18.0 Å². The van der Waals surface area contributed by atoms with Crippen molar-refractivity contribution in [3.63, 3.8) is 0 Å². The van der Waals surface area contributed by atoms with Gasteiger partial charge in [0.15, 0.2) is 0 Å². The number of aromatic nitrogens is 1. The van der Waals surface area contributed by atoms with Crippen molar-refractivity contribution < 1.29 is 27.5 Å². The van der Waals surface area contributed by atoms with Crippen LogP contribution >= 0.6 is 15.9 Å². The lowest BCUT2D eigenvalue weighted by atomic mass is 10.0. The maximum absolute atomic E-state index is 13.3. The molecule has 0 spiro atoms. The van der Waals surface area contributed by atoms with Gasteiger partial charge in [-0.2, -0.15) is 13.2 Å². The minimum Gasteiger partial charge on any atom is -0.443 e. The first-order valence-electron chi connectivity index (χ1n) is 10.5. The minimum absolute atomic E-state index is 0.131. The summed E-state index contributed by atoms with van der Waals surface area (Å²) >= 11 is 3.45. The highest BCUT2D eigenvalue weighted by Crippen LogP contribution is 2.33. The van der Waals surface area contributed by atoms with Crippen molar-refractivity contribution in [3.8, 4) is 0 Å². The van der Waals surface area contributed by atoms with Crippen LogP contribution in [-0.2, 0) is 16.0 Å². The maximum Gasteiger partial charge on any atom is 0.471 e. The summed E-state index contributed by atoms with van der Waals surface area (Å²) in [6.45, 7) is 5.13. The van der Waals surface area contributed by atoms with Crippen LogP contribution in [0.25, 0.3) is 10.9 Å². The van der Waals surface area contributed by atoms with Crippen LogP contribution in [0.3, 0.4) is 0 Å². The number of nitrogens with zero attached hydrogens (tertiary/aromatic N) is 2. The number of amides is 1. The summed E-state index contributed by atoms with van der Waals surface area (Å²) in [6, 6.07) is 6.50. The van der Waals surface area contributed by atoms with Crippen molar-refractivity contribution in [2.45, 2.75) is 64.3 Å². The van der Waals surface area contributed by atoms with Gasteiger partial charge in [0.25, 0.3) is 0 Å². The highest BCUT2D eigenvalue weighted by atomic mass is 79.9. The van der Waals surface area contributed by atoms with Crippen molar-refractivity contribution in [2.75, 3.05) is 6.54 Å². The predicted octanol–water partition coefficient (Wildman–Crippen LogP) is 6.23. The Kier molecular flexibility index (Phi) is 7.07. The molecule has 1 aromatic carbocycles. The lowest BCUT2D eigenvalue weighted by molar-refractivity contribution is -0.187. The highest BCUT2D eigenvalue weighted by Gasteiger charge is 2.44. The zero-order valence-electron chi connectivity index (χ0n) is 18.2. The number of para-hydroxylation sites is 1. The van der Waals surface area contributed by atoms with E-state index in [0.717, 1.165) is 17.7 Å². The molecule has 1 aliphatic carbocycles. The third-order valence-electron chi connectivity index (χ3n) is 5.23. The Morgan fingerprint density at radius 1 is 1.22 bits per heavy atom. The number of allylic oxidation sites excluding steroid dienone is 1. The molecule has 0 N–H and O–H groups in total. The molecule has 0 fully saturated rings. The third kappa shape index (κ3) is 5.36. The van der Waals surface area contributed by atoms with Crippen LogP contribution in [-0.4, -0.2) is 45.8 Å². The molecule has 0 radical (unpaired) electrons. The van der Waals surface area contributed by atoms with E-state index in [1.165, 1.54) is 4.57 Å². The first-order chi connectivity index (χ1) is 14.9. The van der Waals surface area contributed by atoms with Gasteiger partial charge < -0.3 is 9.64 Å². The van der Waals surface area contributed by atoms with E-state index in [9.17, 15) is 22.8 Å². The van der Waals surface area contributed by atoms with Gasteiger partial charge in [0.2, 0.25) is 0 Å². The lowest BCUT2D eigenvalue weighted by Crippen LogP contribution is -2.47. The normalized spacial score (nSPS) is 16.9. The lowest BCUT2D eigenvalue weighted by Gasteiger charge is -2.32. The van der Waals surface area contributed by atoms with Crippen LogP contribution in [0, 0.1) is 0 Å². The van der Waals surface area contributed by atoms with Crippen LogP contribution in [0.5, 0.6) is 0 Å². The number of hydrogen-bond donors (Lipinski definition) is 0. The van der Waals surface area contributed by atoms with Gasteiger partial charge in [-0.1, -0.05) is 30.4 Å². The van der Waals surface area contributed by atoms with E-state index in [0.29, 0.717) is 27.5 Å². The van der Waals surface area contributed by atoms with E-state index in [1.807, 2.05) is 6.08 Å². The van der Waals surface area contributed by atoms with Crippen LogP contribution in [0.15, 0.2) is 41.0 Å². The molecule has 1 heterocycles. The smallest absolute Gasteiger partial charge is 0.443 e. The molecular formula is C23H26BrF3N2O3. The van der Waals surface area contributed by atoms with Crippen molar-refractivity contribution in [1.82, 2.24) is 9.47 Å². The number of carbonyl (C=O) groups excluding carboxylic acids is 2. The van der Waals surface area contributed by atoms with Gasteiger partial charge in [-0.05, 0) is 74.0 Å². The van der Waals surface area contributed by atoms with Gasteiger partial charge in [-0.25, -0.2) is 9.36 Å². The fraction of sp³-hybridized carbons (Fsp3) is 0.478. The molecule has 9 heteroatoms. The predicted molar refractivity (Wildman–Crippen MR) is 120 cm³/mol. The van der Waals surface area contributed by atoms with E-state index >= 15 is 0 Å². The third-order valence-corrected chi connectivity index (χ3v) is 6.06. The molecule has 1 aromatic heterocycles. The zero-order chi connectivity index (χ0) is 23.7. The summed E-state index contributed by atoms with van der Waals surface area (Å²) in [6.07, 6.45) is 0.0886. The molecule has 1 unspecified atom stereocenters. The van der Waals surface area contributed by atoms with Gasteiger partial charge in [0.05, 0.1) is 16.2 Å². The van der Waals surface area contributed by atoms with Gasteiger partial charge in [0, 0.05) is 11.9 Å². The van der Waals surface area contributed by atoms with Crippen molar-refractivity contribution >= 4 is 38.8 Å². The number of hydrogen-bond acceptors (Lipinski definition) is 3. The fourth-order valence-electron chi connectivity index (χ4n) is 3.87. The Labute approximate surface area is 193 Å². The summed E-state index contributed by atoms with van der Waals surface area (Å²) in [5.74, 6) is -1.85. The Balaban J connectivity index is 1.96. The largest absolute Gasteiger partial charge is 0.471 e. The van der Waals surface area contributed by atoms with Gasteiger partial charge >= 0.3 is 18.2 Å². The molecule has 174 valence electrons. The second kappa shape index (κ2) is 9.29. The molecule has 1 amide bonds. The maximum atomic E-state index is 13.3. The summed E-state index contributed by atoms with van der Waals surface area (Å²) < 4.78 is 47.1. The number of ether oxygens (including phenoxy) is 1. The summed E-state index contributed by atoms with van der Waals surface area (Å²) in [7, 11) is 0. The zero-order valence-corrected chi connectivity index (χ0v) is 19.8. The summed E-state index contributed by atoms with van der Waals surface area (Å²) in [5.41, 5.74) is 0.506. The molecule has 0 saturated carbocycles. The Morgan fingerprint density at radius 3 is 2.50 bits per heavy atom. The first-order valence-corrected chi connectivity index (χ1v) is 11.2. The molecule has 0 saturated heterocycles. The fourth-order valence-corrected chi connectivity index (χ4v) is 4.61. The average Bonchev–Trinajstić information content (AvgIpc) is 2.98. The van der Waals surface area contributed by atoms with E-state index in [4.69, 9.17) is 4.74 Å². The van der Waals surface area contributed by atoms with Gasteiger partial charge in [-0.15, -0.1) is 0 Å². The molecule has 0 bridgehead atoms. The quantitative estimate of drug-likeness (QED) is 0.454. The Morgan fingerprint density at radius 2 is 1.91 bits per heavy atom. The number of benzene rings is 1. The van der Waals surface area contributed by atoms with Crippen molar-refractivity contribution in [2.24, 2.45) is 0 Å². The molecule has 1 atom stereocenters. The first kappa shape index (κ1) is 24.4. The Hall–Kier alpha value is -2.29. The van der Waals surface area contributed by atoms with Crippen LogP contribution in [0.1, 0.15) is 45.6 Å².